The number of aromatic hydroxyl groups is 1. The molecule has 118 valence electrons. The Hall–Kier alpha value is -3.02. The van der Waals surface area contributed by atoms with Gasteiger partial charge in [0.2, 0.25) is 18.0 Å². The van der Waals surface area contributed by atoms with Gasteiger partial charge in [0.15, 0.2) is 11.5 Å². The van der Waals surface area contributed by atoms with Crippen LogP contribution in [-0.4, -0.2) is 29.0 Å². The first-order chi connectivity index (χ1) is 11.1. The van der Waals surface area contributed by atoms with Crippen LogP contribution in [-0.2, 0) is 9.53 Å². The summed E-state index contributed by atoms with van der Waals surface area (Å²) < 4.78 is 11.0. The van der Waals surface area contributed by atoms with E-state index in [9.17, 15) is 9.90 Å². The SMILES string of the molecule is COc1cc([C@@H]2OC(c3ccccc3)=NN2C(C)=O)ccc1O. The predicted octanol–water partition coefficient (Wildman–Crippen LogP) is 2.64. The summed E-state index contributed by atoms with van der Waals surface area (Å²) in [7, 11) is 1.46. The van der Waals surface area contributed by atoms with Gasteiger partial charge in [0, 0.05) is 18.1 Å². The molecule has 1 heterocycles. The van der Waals surface area contributed by atoms with E-state index < -0.39 is 6.23 Å². The lowest BCUT2D eigenvalue weighted by Crippen LogP contribution is -2.25. The fourth-order valence-corrected chi connectivity index (χ4v) is 2.33. The third-order valence-electron chi connectivity index (χ3n) is 3.48. The van der Waals surface area contributed by atoms with Crippen molar-refractivity contribution in [1.29, 1.82) is 0 Å². The van der Waals surface area contributed by atoms with Crippen molar-refractivity contribution in [3.8, 4) is 11.5 Å². The number of ether oxygens (including phenoxy) is 2. The summed E-state index contributed by atoms with van der Waals surface area (Å²) in [6.07, 6.45) is -0.697. The number of phenolic OH excluding ortho intramolecular Hbond substituents is 1. The number of methoxy groups -OCH3 is 1. The molecule has 0 bridgehead atoms. The number of rotatable bonds is 3. The number of carbonyl (C=O) groups excluding carboxylic acids is 1. The second-order valence-electron chi connectivity index (χ2n) is 5.04. The maximum Gasteiger partial charge on any atom is 0.243 e. The molecule has 0 aromatic heterocycles. The van der Waals surface area contributed by atoms with E-state index in [1.165, 1.54) is 25.1 Å². The van der Waals surface area contributed by atoms with Gasteiger partial charge < -0.3 is 14.6 Å². The Bertz CT molecular complexity index is 758. The van der Waals surface area contributed by atoms with Crippen molar-refractivity contribution < 1.29 is 19.4 Å². The topological polar surface area (TPSA) is 71.4 Å². The molecule has 0 saturated heterocycles. The number of hydrazone groups is 1. The second-order valence-corrected chi connectivity index (χ2v) is 5.04. The summed E-state index contributed by atoms with van der Waals surface area (Å²) in [5.74, 6) is 0.460. The monoisotopic (exact) mass is 312 g/mol. The van der Waals surface area contributed by atoms with E-state index in [-0.39, 0.29) is 11.7 Å². The number of phenols is 1. The van der Waals surface area contributed by atoms with Crippen LogP contribution >= 0.6 is 0 Å². The van der Waals surface area contributed by atoms with Gasteiger partial charge in [-0.1, -0.05) is 18.2 Å². The Morgan fingerprint density at radius 1 is 1.26 bits per heavy atom. The molecule has 6 nitrogen and oxygen atoms in total. The summed E-state index contributed by atoms with van der Waals surface area (Å²) in [6, 6.07) is 14.1. The highest BCUT2D eigenvalue weighted by molar-refractivity contribution is 5.96. The van der Waals surface area contributed by atoms with E-state index in [4.69, 9.17) is 9.47 Å². The molecule has 0 saturated carbocycles. The molecule has 3 rings (SSSR count). The molecule has 0 aliphatic carbocycles. The Morgan fingerprint density at radius 2 is 2.00 bits per heavy atom. The zero-order valence-electron chi connectivity index (χ0n) is 12.8. The van der Waals surface area contributed by atoms with E-state index in [1.54, 1.807) is 12.1 Å². The molecule has 1 N–H and O–H groups in total. The molecular formula is C17H16N2O4. The largest absolute Gasteiger partial charge is 0.504 e. The van der Waals surface area contributed by atoms with E-state index >= 15 is 0 Å². The Morgan fingerprint density at radius 3 is 2.65 bits per heavy atom. The molecule has 23 heavy (non-hydrogen) atoms. The van der Waals surface area contributed by atoms with Crippen molar-refractivity contribution in [3.63, 3.8) is 0 Å². The van der Waals surface area contributed by atoms with Crippen molar-refractivity contribution in [2.45, 2.75) is 13.2 Å². The third-order valence-corrected chi connectivity index (χ3v) is 3.48. The van der Waals surface area contributed by atoms with Crippen LogP contribution in [0.4, 0.5) is 0 Å². The first-order valence-corrected chi connectivity index (χ1v) is 7.07. The number of benzene rings is 2. The van der Waals surface area contributed by atoms with Crippen LogP contribution in [0.2, 0.25) is 0 Å². The predicted molar refractivity (Wildman–Crippen MR) is 84.0 cm³/mol. The molecule has 1 amide bonds. The first kappa shape index (κ1) is 14.9. The lowest BCUT2D eigenvalue weighted by atomic mass is 10.1. The van der Waals surface area contributed by atoms with Crippen molar-refractivity contribution >= 4 is 11.8 Å². The smallest absolute Gasteiger partial charge is 0.243 e. The van der Waals surface area contributed by atoms with Crippen LogP contribution in [0, 0.1) is 0 Å². The molecule has 0 spiro atoms. The molecule has 1 aliphatic rings. The number of hydrogen-bond donors (Lipinski definition) is 1. The average molecular weight is 312 g/mol. The van der Waals surface area contributed by atoms with Crippen molar-refractivity contribution in [3.05, 3.63) is 59.7 Å². The number of nitrogens with zero attached hydrogens (tertiary/aromatic N) is 2. The van der Waals surface area contributed by atoms with E-state index in [1.807, 2.05) is 30.3 Å². The lowest BCUT2D eigenvalue weighted by Gasteiger charge is -2.20. The van der Waals surface area contributed by atoms with Gasteiger partial charge >= 0.3 is 0 Å². The molecule has 1 atom stereocenters. The second kappa shape index (κ2) is 6.00. The summed E-state index contributed by atoms with van der Waals surface area (Å²) in [6.45, 7) is 1.42. The van der Waals surface area contributed by atoms with Gasteiger partial charge in [0.05, 0.1) is 7.11 Å². The fourth-order valence-electron chi connectivity index (χ4n) is 2.33. The zero-order chi connectivity index (χ0) is 16.4. The zero-order valence-corrected chi connectivity index (χ0v) is 12.8. The van der Waals surface area contributed by atoms with Gasteiger partial charge in [-0.3, -0.25) is 4.79 Å². The molecule has 6 heteroatoms. The van der Waals surface area contributed by atoms with Crippen LogP contribution in [0.25, 0.3) is 0 Å². The number of hydrogen-bond acceptors (Lipinski definition) is 5. The average Bonchev–Trinajstić information content (AvgIpc) is 3.02. The Labute approximate surface area is 133 Å². The fraction of sp³-hybridized carbons (Fsp3) is 0.176. The highest BCUT2D eigenvalue weighted by Gasteiger charge is 2.33. The van der Waals surface area contributed by atoms with Crippen molar-refractivity contribution in [2.24, 2.45) is 5.10 Å². The minimum absolute atomic E-state index is 0.0211. The van der Waals surface area contributed by atoms with Gasteiger partial charge in [-0.25, -0.2) is 0 Å². The van der Waals surface area contributed by atoms with Crippen molar-refractivity contribution in [1.82, 2.24) is 5.01 Å². The molecule has 2 aromatic carbocycles. The van der Waals surface area contributed by atoms with E-state index in [0.717, 1.165) is 5.56 Å². The normalized spacial score (nSPS) is 16.7. The Kier molecular flexibility index (Phi) is 3.89. The quantitative estimate of drug-likeness (QED) is 0.946. The van der Waals surface area contributed by atoms with Crippen LogP contribution < -0.4 is 4.74 Å². The highest BCUT2D eigenvalue weighted by Crippen LogP contribution is 2.35. The van der Waals surface area contributed by atoms with E-state index in [0.29, 0.717) is 17.2 Å². The standard InChI is InChI=1S/C17H16N2O4/c1-11(20)19-17(13-8-9-14(21)15(10-13)22-2)23-16(18-19)12-6-4-3-5-7-12/h3-10,17,21H,1-2H3/t17-/m0/s1. The molecule has 0 unspecified atom stereocenters. The van der Waals surface area contributed by atoms with Crippen LogP contribution in [0.1, 0.15) is 24.3 Å². The minimum atomic E-state index is -0.697. The van der Waals surface area contributed by atoms with Gasteiger partial charge in [-0.2, -0.15) is 5.01 Å². The maximum atomic E-state index is 11.9. The first-order valence-electron chi connectivity index (χ1n) is 7.07. The molecule has 1 aliphatic heterocycles. The molecular weight excluding hydrogens is 296 g/mol. The maximum absolute atomic E-state index is 11.9. The summed E-state index contributed by atoms with van der Waals surface area (Å²) in [4.78, 5) is 11.9. The van der Waals surface area contributed by atoms with Gasteiger partial charge in [-0.05, 0) is 30.3 Å². The summed E-state index contributed by atoms with van der Waals surface area (Å²) in [5, 5.41) is 15.2. The van der Waals surface area contributed by atoms with Gasteiger partial charge in [0.1, 0.15) is 0 Å². The third kappa shape index (κ3) is 2.83. The molecule has 0 radical (unpaired) electrons. The van der Waals surface area contributed by atoms with Crippen molar-refractivity contribution in [2.75, 3.05) is 7.11 Å². The van der Waals surface area contributed by atoms with Crippen LogP contribution in [0.3, 0.4) is 0 Å². The number of carbonyl (C=O) groups is 1. The molecule has 0 fully saturated rings. The van der Waals surface area contributed by atoms with Crippen LogP contribution in [0.15, 0.2) is 53.6 Å². The highest BCUT2D eigenvalue weighted by atomic mass is 16.5. The Balaban J connectivity index is 1.96. The van der Waals surface area contributed by atoms with Gasteiger partial charge in [0.25, 0.3) is 0 Å². The summed E-state index contributed by atoms with van der Waals surface area (Å²) in [5.41, 5.74) is 1.44. The molecule has 2 aromatic rings. The number of amides is 1. The lowest BCUT2D eigenvalue weighted by molar-refractivity contribution is -0.135. The van der Waals surface area contributed by atoms with E-state index in [2.05, 4.69) is 5.10 Å². The minimum Gasteiger partial charge on any atom is -0.504 e. The van der Waals surface area contributed by atoms with Gasteiger partial charge in [-0.15, -0.1) is 5.10 Å². The summed E-state index contributed by atoms with van der Waals surface area (Å²) >= 11 is 0. The van der Waals surface area contributed by atoms with Crippen LogP contribution in [0.5, 0.6) is 11.5 Å².